The summed E-state index contributed by atoms with van der Waals surface area (Å²) in [7, 11) is -3.89. The highest BCUT2D eigenvalue weighted by molar-refractivity contribution is 7.89. The number of sulfonamides is 1. The zero-order valence-corrected chi connectivity index (χ0v) is 20.6. The van der Waals surface area contributed by atoms with E-state index in [9.17, 15) is 17.6 Å². The molecule has 184 valence electrons. The topological polar surface area (TPSA) is 69.7 Å². The first kappa shape index (κ1) is 24.8. The molecule has 34 heavy (non-hydrogen) atoms. The molecule has 2 saturated heterocycles. The van der Waals surface area contributed by atoms with Crippen molar-refractivity contribution >= 4 is 15.9 Å². The molecule has 8 heteroatoms. The number of nitrogens with zero attached hydrogens (tertiary/aromatic N) is 2. The molecular weight excluding hydrogens is 453 g/mol. The second kappa shape index (κ2) is 11.0. The van der Waals surface area contributed by atoms with Crippen molar-refractivity contribution in [3.8, 4) is 0 Å². The van der Waals surface area contributed by atoms with Gasteiger partial charge in [-0.3, -0.25) is 9.69 Å². The highest BCUT2D eigenvalue weighted by atomic mass is 32.2. The molecule has 6 nitrogen and oxygen atoms in total. The molecule has 0 aliphatic carbocycles. The highest BCUT2D eigenvalue weighted by Crippen LogP contribution is 2.25. The lowest BCUT2D eigenvalue weighted by Gasteiger charge is -2.33. The van der Waals surface area contributed by atoms with E-state index >= 15 is 0 Å². The fourth-order valence-corrected chi connectivity index (χ4v) is 6.41. The van der Waals surface area contributed by atoms with Gasteiger partial charge < -0.3 is 5.32 Å². The maximum Gasteiger partial charge on any atom is 0.245 e. The van der Waals surface area contributed by atoms with Crippen LogP contribution in [0.1, 0.15) is 50.2 Å². The van der Waals surface area contributed by atoms with Crippen LogP contribution in [0.5, 0.6) is 0 Å². The van der Waals surface area contributed by atoms with Crippen molar-refractivity contribution in [3.63, 3.8) is 0 Å². The van der Waals surface area contributed by atoms with Gasteiger partial charge in [0.15, 0.2) is 0 Å². The van der Waals surface area contributed by atoms with E-state index < -0.39 is 15.8 Å². The lowest BCUT2D eigenvalue weighted by Crippen LogP contribution is -2.43. The minimum atomic E-state index is -3.89. The molecule has 2 heterocycles. The number of hydrogen-bond donors (Lipinski definition) is 1. The van der Waals surface area contributed by atoms with Crippen molar-refractivity contribution in [2.75, 3.05) is 19.6 Å². The number of carbonyl (C=O) groups excluding carboxylic acids is 1. The first-order valence-corrected chi connectivity index (χ1v) is 13.6. The number of halogens is 1. The van der Waals surface area contributed by atoms with Crippen LogP contribution in [0.4, 0.5) is 4.39 Å². The van der Waals surface area contributed by atoms with Crippen LogP contribution in [0.15, 0.2) is 53.4 Å². The summed E-state index contributed by atoms with van der Waals surface area (Å²) in [6.07, 6.45) is 4.69. The fourth-order valence-electron chi connectivity index (χ4n) is 4.87. The minimum Gasteiger partial charge on any atom is -0.352 e. The molecule has 1 atom stereocenters. The van der Waals surface area contributed by atoms with Crippen LogP contribution in [0.3, 0.4) is 0 Å². The lowest BCUT2D eigenvalue weighted by molar-refractivity contribution is -0.126. The summed E-state index contributed by atoms with van der Waals surface area (Å²) >= 11 is 0. The Morgan fingerprint density at radius 1 is 0.971 bits per heavy atom. The molecule has 2 aromatic rings. The predicted octanol–water partition coefficient (Wildman–Crippen LogP) is 3.92. The number of nitrogens with one attached hydrogen (secondary N) is 1. The van der Waals surface area contributed by atoms with Gasteiger partial charge in [0.1, 0.15) is 10.7 Å². The molecular formula is C26H34FN3O3S. The van der Waals surface area contributed by atoms with Crippen molar-refractivity contribution in [1.29, 1.82) is 0 Å². The standard InChI is InChI=1S/C26H34FN3O3S/c1-20-6-4-5-15-29(20)19-22-11-9-21(10-12-22)18-28-26(31)23-13-16-30(17-14-23)34(32,33)25-8-3-2-7-24(25)27/h2-3,7-12,20,23H,4-6,13-19H2,1H3,(H,28,31). The molecule has 2 fully saturated rings. The van der Waals surface area contributed by atoms with Gasteiger partial charge in [0, 0.05) is 38.1 Å². The summed E-state index contributed by atoms with van der Waals surface area (Å²) in [5, 5.41) is 2.99. The van der Waals surface area contributed by atoms with Crippen molar-refractivity contribution in [3.05, 3.63) is 65.5 Å². The monoisotopic (exact) mass is 487 g/mol. The first-order valence-electron chi connectivity index (χ1n) is 12.2. The Morgan fingerprint density at radius 3 is 2.32 bits per heavy atom. The second-order valence-electron chi connectivity index (χ2n) is 9.46. The Kier molecular flexibility index (Phi) is 8.01. The van der Waals surface area contributed by atoms with Crippen LogP contribution in [-0.2, 0) is 27.9 Å². The number of likely N-dealkylation sites (tertiary alicyclic amines) is 1. The molecule has 0 saturated carbocycles. The zero-order valence-electron chi connectivity index (χ0n) is 19.7. The van der Waals surface area contributed by atoms with Crippen LogP contribution in [-0.4, -0.2) is 49.2 Å². The van der Waals surface area contributed by atoms with E-state index in [1.54, 1.807) is 0 Å². The van der Waals surface area contributed by atoms with Gasteiger partial charge in [-0.05, 0) is 62.4 Å². The summed E-state index contributed by atoms with van der Waals surface area (Å²) in [6, 6.07) is 14.4. The van der Waals surface area contributed by atoms with Crippen LogP contribution < -0.4 is 5.32 Å². The molecule has 0 spiro atoms. The van der Waals surface area contributed by atoms with Crippen LogP contribution in [0.2, 0.25) is 0 Å². The maximum absolute atomic E-state index is 14.0. The number of amides is 1. The van der Waals surface area contributed by atoms with E-state index in [2.05, 4.69) is 41.4 Å². The van der Waals surface area contributed by atoms with E-state index in [1.807, 2.05) is 0 Å². The van der Waals surface area contributed by atoms with Gasteiger partial charge in [-0.15, -0.1) is 0 Å². The molecule has 0 bridgehead atoms. The van der Waals surface area contributed by atoms with Gasteiger partial charge >= 0.3 is 0 Å². The SMILES string of the molecule is CC1CCCCN1Cc1ccc(CNC(=O)C2CCN(S(=O)(=O)c3ccccc3F)CC2)cc1. The molecule has 2 aromatic carbocycles. The molecule has 1 N–H and O–H groups in total. The Labute approximate surface area is 202 Å². The summed E-state index contributed by atoms with van der Waals surface area (Å²) in [5.41, 5.74) is 2.33. The van der Waals surface area contributed by atoms with Gasteiger partial charge in [-0.25, -0.2) is 12.8 Å². The number of benzene rings is 2. The third-order valence-electron chi connectivity index (χ3n) is 7.10. The lowest BCUT2D eigenvalue weighted by atomic mass is 9.97. The molecule has 1 amide bonds. The van der Waals surface area contributed by atoms with Gasteiger partial charge in [-0.1, -0.05) is 42.8 Å². The van der Waals surface area contributed by atoms with E-state index in [0.29, 0.717) is 25.4 Å². The van der Waals surface area contributed by atoms with Gasteiger partial charge in [0.25, 0.3) is 0 Å². The van der Waals surface area contributed by atoms with Crippen molar-refractivity contribution in [1.82, 2.24) is 14.5 Å². The molecule has 2 aliphatic heterocycles. The first-order chi connectivity index (χ1) is 16.3. The molecule has 4 rings (SSSR count). The smallest absolute Gasteiger partial charge is 0.245 e. The average Bonchev–Trinajstić information content (AvgIpc) is 2.85. The summed E-state index contributed by atoms with van der Waals surface area (Å²) in [4.78, 5) is 14.9. The molecule has 0 aromatic heterocycles. The van der Waals surface area contributed by atoms with Crippen LogP contribution >= 0.6 is 0 Å². The minimum absolute atomic E-state index is 0.0610. The number of rotatable bonds is 7. The van der Waals surface area contributed by atoms with Crippen LogP contribution in [0, 0.1) is 11.7 Å². The van der Waals surface area contributed by atoms with Gasteiger partial charge in [0.05, 0.1) is 0 Å². The van der Waals surface area contributed by atoms with Gasteiger partial charge in [-0.2, -0.15) is 4.31 Å². The summed E-state index contributed by atoms with van der Waals surface area (Å²) in [6.45, 7) is 5.27. The number of hydrogen-bond acceptors (Lipinski definition) is 4. The normalized spacial score (nSPS) is 20.8. The van der Waals surface area contributed by atoms with E-state index in [1.165, 1.54) is 47.3 Å². The Morgan fingerprint density at radius 2 is 1.65 bits per heavy atom. The Balaban J connectivity index is 1.25. The number of piperidine rings is 2. The quantitative estimate of drug-likeness (QED) is 0.643. The largest absolute Gasteiger partial charge is 0.352 e. The van der Waals surface area contributed by atoms with E-state index in [4.69, 9.17) is 0 Å². The van der Waals surface area contributed by atoms with Crippen LogP contribution in [0.25, 0.3) is 0 Å². The fraction of sp³-hybridized carbons (Fsp3) is 0.500. The average molecular weight is 488 g/mol. The molecule has 1 unspecified atom stereocenters. The summed E-state index contributed by atoms with van der Waals surface area (Å²) in [5.74, 6) is -1.06. The number of carbonyl (C=O) groups is 1. The third kappa shape index (κ3) is 5.85. The predicted molar refractivity (Wildman–Crippen MR) is 130 cm³/mol. The zero-order chi connectivity index (χ0) is 24.1. The molecule has 2 aliphatic rings. The van der Waals surface area contributed by atoms with Crippen molar-refractivity contribution in [2.45, 2.75) is 63.1 Å². The Bertz CT molecular complexity index is 1080. The molecule has 0 radical (unpaired) electrons. The summed E-state index contributed by atoms with van der Waals surface area (Å²) < 4.78 is 40.8. The maximum atomic E-state index is 14.0. The highest BCUT2D eigenvalue weighted by Gasteiger charge is 2.33. The van der Waals surface area contributed by atoms with E-state index in [-0.39, 0.29) is 29.8 Å². The second-order valence-corrected chi connectivity index (χ2v) is 11.4. The van der Waals surface area contributed by atoms with Crippen molar-refractivity contribution < 1.29 is 17.6 Å². The van der Waals surface area contributed by atoms with Gasteiger partial charge in [0.2, 0.25) is 15.9 Å². The van der Waals surface area contributed by atoms with Crippen molar-refractivity contribution in [2.24, 2.45) is 5.92 Å². The van der Waals surface area contributed by atoms with E-state index in [0.717, 1.165) is 24.7 Å². The third-order valence-corrected chi connectivity index (χ3v) is 9.03. The Hall–Kier alpha value is -2.29.